The Morgan fingerprint density at radius 1 is 0.943 bits per heavy atom. The number of ether oxygens (including phenoxy) is 5. The minimum Gasteiger partial charge on any atom is -0.400 e. The molecule has 35 heavy (non-hydrogen) atoms. The van der Waals surface area contributed by atoms with Crippen molar-refractivity contribution in [1.82, 2.24) is 19.6 Å². The summed E-state index contributed by atoms with van der Waals surface area (Å²) in [5.41, 5.74) is 0. The van der Waals surface area contributed by atoms with Crippen molar-refractivity contribution in [3.63, 3.8) is 0 Å². The summed E-state index contributed by atoms with van der Waals surface area (Å²) in [7, 11) is 8.88. The van der Waals surface area contributed by atoms with E-state index in [0.717, 1.165) is 35.3 Å². The molecule has 0 amide bonds. The smallest absolute Gasteiger partial charge is 0.270 e. The molecule has 0 aromatic carbocycles. The zero-order valence-electron chi connectivity index (χ0n) is 20.3. The molecule has 2 fully saturated rings. The molecule has 2 atom stereocenters. The number of aliphatic hydroxyl groups is 1. The number of carbonyl (C=O) groups excluding carboxylic acids is 1. The van der Waals surface area contributed by atoms with Gasteiger partial charge < -0.3 is 28.8 Å². The maximum absolute atomic E-state index is 11.0. The summed E-state index contributed by atoms with van der Waals surface area (Å²) in [5.74, 6) is -0.188. The van der Waals surface area contributed by atoms with Gasteiger partial charge in [0.2, 0.25) is 0 Å². The van der Waals surface area contributed by atoms with Crippen LogP contribution in [0, 0.1) is 0 Å². The van der Waals surface area contributed by atoms with Gasteiger partial charge in [-0.15, -0.1) is 0 Å². The Morgan fingerprint density at radius 2 is 1.43 bits per heavy atom. The van der Waals surface area contributed by atoms with Crippen LogP contribution in [0.5, 0.6) is 0 Å². The first-order valence-corrected chi connectivity index (χ1v) is 12.0. The Balaban J connectivity index is 0.000000496. The van der Waals surface area contributed by atoms with Crippen molar-refractivity contribution in [2.75, 3.05) is 42.7 Å². The minimum absolute atomic E-state index is 0. The lowest BCUT2D eigenvalue weighted by Crippen LogP contribution is -2.51. The van der Waals surface area contributed by atoms with E-state index in [0.29, 0.717) is 12.2 Å². The Kier molecular flexibility index (Phi) is 16.7. The van der Waals surface area contributed by atoms with E-state index in [9.17, 15) is 4.79 Å². The van der Waals surface area contributed by atoms with Gasteiger partial charge in [-0.2, -0.15) is 10.2 Å². The molecule has 2 aromatic heterocycles. The zero-order valence-corrected chi connectivity index (χ0v) is 23.5. The van der Waals surface area contributed by atoms with Crippen LogP contribution in [0.4, 0.5) is 0 Å². The van der Waals surface area contributed by atoms with E-state index >= 15 is 0 Å². The first-order chi connectivity index (χ1) is 16.3. The number of rotatable bonds is 7. The van der Waals surface area contributed by atoms with Gasteiger partial charge in [-0.05, 0) is 44.7 Å². The first kappa shape index (κ1) is 33.8. The SMILES string of the molecule is C.CO.COC(OC)OC.COC1(OC)CCC1n1cc(Br)cn1.O=C1CCC1n1cc(Br)cn1. The van der Waals surface area contributed by atoms with Gasteiger partial charge in [-0.3, -0.25) is 14.2 Å². The maximum Gasteiger partial charge on any atom is 0.270 e. The average molecular weight is 630 g/mol. The molecule has 202 valence electrons. The summed E-state index contributed by atoms with van der Waals surface area (Å²) < 4.78 is 30.1. The number of methoxy groups -OCH3 is 5. The summed E-state index contributed by atoms with van der Waals surface area (Å²) in [6.45, 7) is -0.514. The van der Waals surface area contributed by atoms with Gasteiger partial charge in [0.1, 0.15) is 12.1 Å². The lowest BCUT2D eigenvalue weighted by molar-refractivity contribution is -0.281. The number of carbonyl (C=O) groups is 1. The van der Waals surface area contributed by atoms with Crippen LogP contribution < -0.4 is 0 Å². The third kappa shape index (κ3) is 9.32. The fourth-order valence-electron chi connectivity index (χ4n) is 3.33. The third-order valence-corrected chi connectivity index (χ3v) is 6.18. The third-order valence-electron chi connectivity index (χ3n) is 5.36. The van der Waals surface area contributed by atoms with E-state index in [1.54, 1.807) is 31.3 Å². The molecule has 2 heterocycles. The molecule has 0 aliphatic heterocycles. The topological polar surface area (TPSA) is 119 Å². The molecule has 2 aromatic rings. The van der Waals surface area contributed by atoms with Crippen LogP contribution in [0.1, 0.15) is 45.2 Å². The highest BCUT2D eigenvalue weighted by Crippen LogP contribution is 2.45. The molecular formula is C22H38Br2N4O7. The normalized spacial score (nSPS) is 19.4. The molecule has 2 aliphatic rings. The molecule has 0 spiro atoms. The zero-order chi connectivity index (χ0) is 25.7. The van der Waals surface area contributed by atoms with Crippen molar-refractivity contribution in [2.24, 2.45) is 0 Å². The fourth-order valence-corrected chi connectivity index (χ4v) is 3.94. The second-order valence-corrected chi connectivity index (χ2v) is 8.90. The largest absolute Gasteiger partial charge is 0.400 e. The Labute approximate surface area is 224 Å². The number of hydrogen-bond acceptors (Lipinski definition) is 9. The van der Waals surface area contributed by atoms with Crippen molar-refractivity contribution < 1.29 is 33.6 Å². The first-order valence-electron chi connectivity index (χ1n) is 10.4. The Bertz CT molecular complexity index is 830. The van der Waals surface area contributed by atoms with Crippen molar-refractivity contribution in [1.29, 1.82) is 0 Å². The molecule has 4 rings (SSSR count). The minimum atomic E-state index is -0.514. The van der Waals surface area contributed by atoms with Crippen LogP contribution in [0.2, 0.25) is 0 Å². The maximum atomic E-state index is 11.0. The predicted molar refractivity (Wildman–Crippen MR) is 138 cm³/mol. The number of hydrogen-bond donors (Lipinski definition) is 1. The van der Waals surface area contributed by atoms with E-state index in [-0.39, 0.29) is 19.5 Å². The fraction of sp³-hybridized carbons (Fsp3) is 0.682. The molecule has 0 radical (unpaired) electrons. The standard InChI is InChI=1S/C9H13BrN2O2.C7H7BrN2O.C4H10O3.CH4O.CH4/c1-13-9(14-2)4-3-8(9)12-6-7(10)5-11-12;8-5-3-9-10(4-5)6-1-2-7(6)11;1-5-4(6-2)7-3;1-2;/h5-6,8H,3-4H2,1-2H3;3-4,6H,1-2H2;4H,1-3H3;2H,1H3;1H4. The Morgan fingerprint density at radius 3 is 1.66 bits per heavy atom. The van der Waals surface area contributed by atoms with Crippen LogP contribution in [0.3, 0.4) is 0 Å². The van der Waals surface area contributed by atoms with Crippen LogP contribution >= 0.6 is 31.9 Å². The quantitative estimate of drug-likeness (QED) is 0.454. The van der Waals surface area contributed by atoms with Crippen LogP contribution in [-0.4, -0.2) is 85.4 Å². The number of nitrogens with zero attached hydrogens (tertiary/aromatic N) is 4. The van der Waals surface area contributed by atoms with Crippen molar-refractivity contribution in [3.8, 4) is 0 Å². The highest BCUT2D eigenvalue weighted by Gasteiger charge is 2.49. The highest BCUT2D eigenvalue weighted by molar-refractivity contribution is 9.10. The molecule has 13 heteroatoms. The molecule has 11 nitrogen and oxygen atoms in total. The number of aromatic nitrogens is 4. The van der Waals surface area contributed by atoms with E-state index in [1.165, 1.54) is 21.3 Å². The summed E-state index contributed by atoms with van der Waals surface area (Å²) in [4.78, 5) is 11.0. The molecular weight excluding hydrogens is 592 g/mol. The summed E-state index contributed by atoms with van der Waals surface area (Å²) in [6, 6.07) is 0.199. The van der Waals surface area contributed by atoms with Gasteiger partial charge in [0.05, 0.1) is 21.3 Å². The predicted octanol–water partition coefficient (Wildman–Crippen LogP) is 3.97. The van der Waals surface area contributed by atoms with Crippen LogP contribution in [0.25, 0.3) is 0 Å². The molecule has 2 aliphatic carbocycles. The number of aliphatic hydroxyl groups excluding tert-OH is 1. The molecule has 2 unspecified atom stereocenters. The highest BCUT2D eigenvalue weighted by atomic mass is 79.9. The number of halogens is 2. The second-order valence-electron chi connectivity index (χ2n) is 7.07. The molecule has 2 saturated carbocycles. The van der Waals surface area contributed by atoms with Crippen LogP contribution in [-0.2, 0) is 28.5 Å². The van der Waals surface area contributed by atoms with E-state index in [4.69, 9.17) is 14.6 Å². The van der Waals surface area contributed by atoms with E-state index in [2.05, 4.69) is 56.3 Å². The van der Waals surface area contributed by atoms with Gasteiger partial charge >= 0.3 is 0 Å². The van der Waals surface area contributed by atoms with Crippen molar-refractivity contribution >= 4 is 37.6 Å². The lowest BCUT2D eigenvalue weighted by Gasteiger charge is -2.46. The lowest BCUT2D eigenvalue weighted by atomic mass is 9.84. The van der Waals surface area contributed by atoms with Gasteiger partial charge in [0.15, 0.2) is 11.6 Å². The molecule has 0 bridgehead atoms. The second kappa shape index (κ2) is 17.3. The van der Waals surface area contributed by atoms with Gasteiger partial charge in [0.25, 0.3) is 6.48 Å². The monoisotopic (exact) mass is 628 g/mol. The van der Waals surface area contributed by atoms with Gasteiger partial charge in [-0.1, -0.05) is 7.43 Å². The number of Topliss-reactive ketones (excluding diaryl/α,β-unsaturated/α-hetero) is 1. The van der Waals surface area contributed by atoms with E-state index < -0.39 is 12.3 Å². The molecule has 0 saturated heterocycles. The molecule has 1 N–H and O–H groups in total. The van der Waals surface area contributed by atoms with Crippen molar-refractivity contribution in [2.45, 2.75) is 57.5 Å². The summed E-state index contributed by atoms with van der Waals surface area (Å²) >= 11 is 6.65. The summed E-state index contributed by atoms with van der Waals surface area (Å²) in [6.07, 6.45) is 10.9. The average Bonchev–Trinajstić information content (AvgIpc) is 3.44. The Hall–Kier alpha value is -1.19. The van der Waals surface area contributed by atoms with E-state index in [1.807, 2.05) is 17.1 Å². The summed E-state index contributed by atoms with van der Waals surface area (Å²) in [5, 5.41) is 15.3. The number of ketones is 1. The van der Waals surface area contributed by atoms with Crippen molar-refractivity contribution in [3.05, 3.63) is 33.7 Å². The van der Waals surface area contributed by atoms with Crippen LogP contribution in [0.15, 0.2) is 33.7 Å². The van der Waals surface area contributed by atoms with Gasteiger partial charge in [-0.25, -0.2) is 0 Å². The van der Waals surface area contributed by atoms with Gasteiger partial charge in [0, 0.05) is 67.9 Å².